The van der Waals surface area contributed by atoms with Crippen LogP contribution in [0.2, 0.25) is 0 Å². The van der Waals surface area contributed by atoms with E-state index in [0.717, 1.165) is 11.3 Å². The summed E-state index contributed by atoms with van der Waals surface area (Å²) in [6, 6.07) is 0. The van der Waals surface area contributed by atoms with Crippen molar-refractivity contribution in [2.24, 2.45) is 0 Å². The topological polar surface area (TPSA) is 74.0 Å². The van der Waals surface area contributed by atoms with E-state index >= 15 is 0 Å². The van der Waals surface area contributed by atoms with Gasteiger partial charge in [-0.25, -0.2) is 8.42 Å². The van der Waals surface area contributed by atoms with Crippen molar-refractivity contribution in [1.82, 2.24) is 10.2 Å². The molecule has 5 nitrogen and oxygen atoms in total. The van der Waals surface area contributed by atoms with E-state index in [-0.39, 0.29) is 10.5 Å². The van der Waals surface area contributed by atoms with Gasteiger partial charge in [-0.05, 0) is 0 Å². The van der Waals surface area contributed by atoms with Crippen molar-refractivity contribution in [3.63, 3.8) is 0 Å². The zero-order valence-corrected chi connectivity index (χ0v) is 10.1. The molecule has 0 amide bonds. The maximum atomic E-state index is 10.8. The van der Waals surface area contributed by atoms with Crippen LogP contribution in [0.15, 0.2) is 0 Å². The highest BCUT2D eigenvalue weighted by Crippen LogP contribution is 2.32. The Morgan fingerprint density at radius 3 is 2.21 bits per heavy atom. The van der Waals surface area contributed by atoms with Gasteiger partial charge in [-0.15, -0.1) is 11.3 Å². The predicted octanol–water partition coefficient (Wildman–Crippen LogP) is 1.80. The fourth-order valence-corrected chi connectivity index (χ4v) is 2.22. The summed E-state index contributed by atoms with van der Waals surface area (Å²) in [5.74, 6) is 0. The molecule has 0 unspecified atom stereocenters. The Hall–Kier alpha value is -0.690. The molecule has 1 heterocycles. The van der Waals surface area contributed by atoms with E-state index in [1.54, 1.807) is 0 Å². The van der Waals surface area contributed by atoms with Crippen LogP contribution in [0.3, 0.4) is 0 Å². The van der Waals surface area contributed by atoms with Gasteiger partial charge in [0.05, 0.1) is 5.01 Å². The first-order valence-electron chi connectivity index (χ1n) is 3.95. The lowest BCUT2D eigenvalue weighted by Gasteiger charge is -2.13. The van der Waals surface area contributed by atoms with Crippen molar-refractivity contribution in [2.45, 2.75) is 26.2 Å². The Labute approximate surface area is 87.6 Å². The van der Waals surface area contributed by atoms with Crippen molar-refractivity contribution in [2.75, 3.05) is 6.26 Å². The molecule has 0 saturated heterocycles. The molecule has 0 atom stereocenters. The maximum absolute atomic E-state index is 10.8. The molecule has 0 aliphatic rings. The highest BCUT2D eigenvalue weighted by molar-refractivity contribution is 7.93. The number of nitrogens with zero attached hydrogens (tertiary/aromatic N) is 3. The quantitative estimate of drug-likeness (QED) is 0.782. The van der Waals surface area contributed by atoms with Crippen molar-refractivity contribution in [3.8, 4) is 0 Å². The van der Waals surface area contributed by atoms with Gasteiger partial charge < -0.3 is 9.82 Å². The molecule has 0 bridgehead atoms. The van der Waals surface area contributed by atoms with Crippen LogP contribution in [0.25, 0.3) is 4.72 Å². The summed E-state index contributed by atoms with van der Waals surface area (Å²) in [6.07, 6.45) is 1.03. The largest absolute Gasteiger partial charge is 0.347 e. The molecule has 1 rings (SSSR count). The SMILES string of the molecule is CC(C)(C)c1nnc([N-]S(C)(=O)=O)s1. The average molecular weight is 234 g/mol. The molecular formula is C7H12N3O2S2-. The summed E-state index contributed by atoms with van der Waals surface area (Å²) in [5, 5.41) is 8.54. The van der Waals surface area contributed by atoms with Gasteiger partial charge in [0.1, 0.15) is 0 Å². The Balaban J connectivity index is 2.90. The molecule has 0 N–H and O–H groups in total. The van der Waals surface area contributed by atoms with Crippen molar-refractivity contribution in [3.05, 3.63) is 9.73 Å². The lowest BCUT2D eigenvalue weighted by molar-refractivity contribution is 0.578. The fraction of sp³-hybridized carbons (Fsp3) is 0.714. The van der Waals surface area contributed by atoms with Gasteiger partial charge in [0.15, 0.2) is 10.0 Å². The summed E-state index contributed by atoms with van der Waals surface area (Å²) in [5.41, 5.74) is -0.122. The van der Waals surface area contributed by atoms with Crippen LogP contribution >= 0.6 is 11.3 Å². The first kappa shape index (κ1) is 11.4. The van der Waals surface area contributed by atoms with E-state index in [1.165, 1.54) is 11.3 Å². The van der Waals surface area contributed by atoms with Crippen molar-refractivity contribution >= 4 is 26.5 Å². The average Bonchev–Trinajstić information content (AvgIpc) is 2.29. The van der Waals surface area contributed by atoms with Crippen LogP contribution in [-0.2, 0) is 15.4 Å². The number of hydrogen-bond acceptors (Lipinski definition) is 5. The van der Waals surface area contributed by atoms with Gasteiger partial charge >= 0.3 is 0 Å². The summed E-state index contributed by atoms with van der Waals surface area (Å²) >= 11 is 1.20. The molecule has 0 aliphatic heterocycles. The fourth-order valence-electron chi connectivity index (χ4n) is 0.697. The monoisotopic (exact) mass is 234 g/mol. The molecule has 0 aromatic carbocycles. The minimum Gasteiger partial charge on any atom is -0.347 e. The van der Waals surface area contributed by atoms with Crippen LogP contribution in [0.1, 0.15) is 25.8 Å². The van der Waals surface area contributed by atoms with Gasteiger partial charge in [-0.1, -0.05) is 20.8 Å². The second-order valence-corrected chi connectivity index (χ2v) is 6.57. The van der Waals surface area contributed by atoms with Gasteiger partial charge in [0.2, 0.25) is 0 Å². The molecule has 0 spiro atoms. The first-order chi connectivity index (χ1) is 6.18. The third-order valence-corrected chi connectivity index (χ3v) is 3.16. The van der Waals surface area contributed by atoms with Gasteiger partial charge in [-0.3, -0.25) is 5.10 Å². The van der Waals surface area contributed by atoms with E-state index in [2.05, 4.69) is 14.9 Å². The summed E-state index contributed by atoms with van der Waals surface area (Å²) in [6.45, 7) is 5.95. The highest BCUT2D eigenvalue weighted by atomic mass is 32.2. The van der Waals surface area contributed by atoms with E-state index in [9.17, 15) is 8.42 Å². The summed E-state index contributed by atoms with van der Waals surface area (Å²) < 4.78 is 25.1. The Kier molecular flexibility index (Phi) is 2.82. The summed E-state index contributed by atoms with van der Waals surface area (Å²) in [7, 11) is -3.38. The standard InChI is InChI=1S/C7H12N3O2S2/c1-7(2,3)5-8-9-6(13-5)10-14(4,11)12/h1-4H3/q-1. The Morgan fingerprint density at radius 2 is 1.86 bits per heavy atom. The predicted molar refractivity (Wildman–Crippen MR) is 56.5 cm³/mol. The van der Waals surface area contributed by atoms with Gasteiger partial charge in [0.25, 0.3) is 0 Å². The molecule has 80 valence electrons. The lowest BCUT2D eigenvalue weighted by atomic mass is 9.98. The molecule has 1 aromatic heterocycles. The Bertz CT molecular complexity index is 416. The molecule has 1 aromatic rings. The molecular weight excluding hydrogens is 222 g/mol. The van der Waals surface area contributed by atoms with Crippen molar-refractivity contribution < 1.29 is 8.42 Å². The van der Waals surface area contributed by atoms with Crippen LogP contribution in [0, 0.1) is 0 Å². The summed E-state index contributed by atoms with van der Waals surface area (Å²) in [4.78, 5) is 0. The smallest absolute Gasteiger partial charge is 0.171 e. The number of rotatable bonds is 2. The molecule has 0 saturated carbocycles. The normalized spacial score (nSPS) is 12.9. The highest BCUT2D eigenvalue weighted by Gasteiger charge is 2.16. The second-order valence-electron chi connectivity index (χ2n) is 3.96. The molecule has 14 heavy (non-hydrogen) atoms. The molecule has 7 heteroatoms. The zero-order valence-electron chi connectivity index (χ0n) is 8.47. The lowest BCUT2D eigenvalue weighted by Crippen LogP contribution is -2.10. The van der Waals surface area contributed by atoms with Crippen molar-refractivity contribution in [1.29, 1.82) is 0 Å². The van der Waals surface area contributed by atoms with Crippen LogP contribution in [0.4, 0.5) is 5.13 Å². The first-order valence-corrected chi connectivity index (χ1v) is 6.62. The number of hydrogen-bond donors (Lipinski definition) is 0. The van der Waals surface area contributed by atoms with Crippen LogP contribution < -0.4 is 0 Å². The third-order valence-electron chi connectivity index (χ3n) is 1.30. The van der Waals surface area contributed by atoms with E-state index in [0.29, 0.717) is 0 Å². The van der Waals surface area contributed by atoms with E-state index in [4.69, 9.17) is 0 Å². The second kappa shape index (κ2) is 3.47. The number of aromatic nitrogens is 2. The van der Waals surface area contributed by atoms with E-state index < -0.39 is 10.0 Å². The maximum Gasteiger partial charge on any atom is 0.171 e. The zero-order chi connectivity index (χ0) is 11.0. The number of sulfonamides is 1. The van der Waals surface area contributed by atoms with E-state index in [1.807, 2.05) is 20.8 Å². The van der Waals surface area contributed by atoms with Crippen LogP contribution in [-0.4, -0.2) is 24.9 Å². The molecule has 0 radical (unpaired) electrons. The third kappa shape index (κ3) is 3.22. The Morgan fingerprint density at radius 1 is 1.29 bits per heavy atom. The van der Waals surface area contributed by atoms with Crippen LogP contribution in [0.5, 0.6) is 0 Å². The minimum atomic E-state index is -3.38. The molecule has 0 aliphatic carbocycles. The van der Waals surface area contributed by atoms with Gasteiger partial charge in [-0.2, -0.15) is 0 Å². The van der Waals surface area contributed by atoms with Gasteiger partial charge in [0, 0.05) is 16.8 Å². The molecule has 0 fully saturated rings. The minimum absolute atomic E-state index is 0.122.